The Labute approximate surface area is 328 Å². The van der Waals surface area contributed by atoms with Crippen LogP contribution < -0.4 is 0 Å². The van der Waals surface area contributed by atoms with Crippen LogP contribution >= 0.6 is 0 Å². The van der Waals surface area contributed by atoms with E-state index in [1.54, 1.807) is 0 Å². The maximum Gasteiger partial charge on any atom is 0.339 e. The molecule has 0 heterocycles. The van der Waals surface area contributed by atoms with Crippen molar-refractivity contribution in [3.8, 4) is 0 Å². The van der Waals surface area contributed by atoms with Gasteiger partial charge >= 0.3 is 17.9 Å². The normalized spacial score (nSPS) is 12.5. The Balaban J connectivity index is 4.13. The monoisotopic (exact) mass is 753 g/mol. The average Bonchev–Trinajstić information content (AvgIpc) is 3.14. The first-order valence-electron chi connectivity index (χ1n) is 23.1. The van der Waals surface area contributed by atoms with E-state index in [2.05, 4.69) is 13.8 Å². The van der Waals surface area contributed by atoms with Crippen LogP contribution in [0.15, 0.2) is 0 Å². The SMILES string of the molecule is CCCCCCCCCCCCCCCCCCOC(=O)CC(O)(CC(=O)OCCCC)C(=O)OCCCCCCCCCCCCCCCCCC. The van der Waals surface area contributed by atoms with Crippen molar-refractivity contribution in [3.63, 3.8) is 0 Å². The highest BCUT2D eigenvalue weighted by Gasteiger charge is 2.43. The number of carbonyl (C=O) groups excluding carboxylic acids is 3. The molecule has 0 aromatic carbocycles. The van der Waals surface area contributed by atoms with Gasteiger partial charge in [-0.2, -0.15) is 0 Å². The van der Waals surface area contributed by atoms with Gasteiger partial charge in [-0.15, -0.1) is 0 Å². The maximum atomic E-state index is 13.0. The van der Waals surface area contributed by atoms with Crippen LogP contribution in [-0.2, 0) is 28.6 Å². The Morgan fingerprint density at radius 1 is 0.340 bits per heavy atom. The molecule has 0 bridgehead atoms. The molecule has 0 aliphatic carbocycles. The third kappa shape index (κ3) is 35.8. The van der Waals surface area contributed by atoms with Crippen molar-refractivity contribution < 1.29 is 33.7 Å². The van der Waals surface area contributed by atoms with E-state index in [-0.39, 0.29) is 19.8 Å². The van der Waals surface area contributed by atoms with E-state index in [1.807, 2.05) is 6.92 Å². The molecule has 0 amide bonds. The lowest BCUT2D eigenvalue weighted by molar-refractivity contribution is -0.178. The van der Waals surface area contributed by atoms with E-state index in [1.165, 1.54) is 167 Å². The highest BCUT2D eigenvalue weighted by Crippen LogP contribution is 2.21. The molecule has 0 saturated carbocycles. The molecule has 0 rings (SSSR count). The molecular formula is C46H88O7. The zero-order valence-electron chi connectivity index (χ0n) is 35.5. The minimum atomic E-state index is -2.29. The predicted molar refractivity (Wildman–Crippen MR) is 221 cm³/mol. The van der Waals surface area contributed by atoms with Gasteiger partial charge in [-0.05, 0) is 19.3 Å². The quantitative estimate of drug-likeness (QED) is 0.0376. The summed E-state index contributed by atoms with van der Waals surface area (Å²) in [5, 5.41) is 11.2. The van der Waals surface area contributed by atoms with Gasteiger partial charge in [0.2, 0.25) is 0 Å². The molecule has 53 heavy (non-hydrogen) atoms. The van der Waals surface area contributed by atoms with Crippen LogP contribution in [0.2, 0.25) is 0 Å². The topological polar surface area (TPSA) is 99.1 Å². The summed E-state index contributed by atoms with van der Waals surface area (Å²) in [7, 11) is 0. The number of hydrogen-bond acceptors (Lipinski definition) is 7. The average molecular weight is 753 g/mol. The Bertz CT molecular complexity index is 816. The molecule has 1 N–H and O–H groups in total. The molecule has 7 nitrogen and oxygen atoms in total. The van der Waals surface area contributed by atoms with Gasteiger partial charge in [-0.3, -0.25) is 9.59 Å². The van der Waals surface area contributed by atoms with Gasteiger partial charge in [0.1, 0.15) is 0 Å². The molecular weight excluding hydrogens is 664 g/mol. The smallest absolute Gasteiger partial charge is 0.339 e. The summed E-state index contributed by atoms with van der Waals surface area (Å²) < 4.78 is 15.9. The molecule has 0 aromatic heterocycles. The Hall–Kier alpha value is -1.63. The fourth-order valence-electron chi connectivity index (χ4n) is 6.90. The Kier molecular flexibility index (Phi) is 38.8. The number of hydrogen-bond donors (Lipinski definition) is 1. The van der Waals surface area contributed by atoms with Gasteiger partial charge in [0.15, 0.2) is 5.60 Å². The van der Waals surface area contributed by atoms with E-state index in [9.17, 15) is 19.5 Å². The van der Waals surface area contributed by atoms with E-state index < -0.39 is 36.4 Å². The molecule has 0 aliphatic rings. The second-order valence-corrected chi connectivity index (χ2v) is 15.9. The Morgan fingerprint density at radius 3 is 0.849 bits per heavy atom. The summed E-state index contributed by atoms with van der Waals surface area (Å²) in [5.74, 6) is -2.37. The van der Waals surface area contributed by atoms with Gasteiger partial charge in [0.05, 0.1) is 32.7 Å². The summed E-state index contributed by atoms with van der Waals surface area (Å²) in [5.41, 5.74) is -2.29. The highest BCUT2D eigenvalue weighted by atomic mass is 16.6. The van der Waals surface area contributed by atoms with Gasteiger partial charge in [-0.1, -0.05) is 220 Å². The van der Waals surface area contributed by atoms with E-state index >= 15 is 0 Å². The van der Waals surface area contributed by atoms with E-state index in [4.69, 9.17) is 14.2 Å². The minimum Gasteiger partial charge on any atom is -0.466 e. The molecule has 0 fully saturated rings. The number of esters is 3. The Morgan fingerprint density at radius 2 is 0.566 bits per heavy atom. The fourth-order valence-corrected chi connectivity index (χ4v) is 6.90. The molecule has 0 spiro atoms. The summed E-state index contributed by atoms with van der Waals surface area (Å²) in [6.45, 7) is 7.12. The standard InChI is InChI=1S/C46H88O7/c1-4-7-10-12-14-16-18-20-22-24-26-28-30-32-34-36-39-52-44(48)42-46(50,41-43(47)51-38-9-6-3)45(49)53-40-37-35-33-31-29-27-25-23-21-19-17-15-13-11-8-5-2/h50H,4-42H2,1-3H3. The van der Waals surface area contributed by atoms with Crippen LogP contribution in [0.3, 0.4) is 0 Å². The third-order valence-electron chi connectivity index (χ3n) is 10.5. The second kappa shape index (κ2) is 40.0. The first kappa shape index (κ1) is 51.4. The highest BCUT2D eigenvalue weighted by molar-refractivity contribution is 5.90. The number of ether oxygens (including phenoxy) is 3. The van der Waals surface area contributed by atoms with Crippen molar-refractivity contribution in [2.45, 2.75) is 258 Å². The van der Waals surface area contributed by atoms with Gasteiger partial charge in [0.25, 0.3) is 0 Å². The van der Waals surface area contributed by atoms with Gasteiger partial charge in [-0.25, -0.2) is 4.79 Å². The van der Waals surface area contributed by atoms with E-state index in [0.717, 1.165) is 38.5 Å². The second-order valence-electron chi connectivity index (χ2n) is 15.9. The third-order valence-corrected chi connectivity index (χ3v) is 10.5. The van der Waals surface area contributed by atoms with Crippen molar-refractivity contribution in [2.75, 3.05) is 19.8 Å². The fraction of sp³-hybridized carbons (Fsp3) is 0.935. The first-order chi connectivity index (χ1) is 25.9. The van der Waals surface area contributed by atoms with Crippen LogP contribution in [0.25, 0.3) is 0 Å². The van der Waals surface area contributed by atoms with Crippen LogP contribution in [-0.4, -0.2) is 48.4 Å². The molecule has 1 atom stereocenters. The molecule has 7 heteroatoms. The number of aliphatic hydroxyl groups is 1. The lowest BCUT2D eigenvalue weighted by Crippen LogP contribution is -2.45. The predicted octanol–water partition coefficient (Wildman–Crippen LogP) is 13.5. The van der Waals surface area contributed by atoms with Crippen LogP contribution in [0.1, 0.15) is 252 Å². The largest absolute Gasteiger partial charge is 0.466 e. The van der Waals surface area contributed by atoms with Crippen LogP contribution in [0, 0.1) is 0 Å². The molecule has 0 saturated heterocycles. The van der Waals surface area contributed by atoms with Crippen molar-refractivity contribution in [1.29, 1.82) is 0 Å². The summed E-state index contributed by atoms with van der Waals surface area (Å²) in [6, 6.07) is 0. The maximum absolute atomic E-state index is 13.0. The van der Waals surface area contributed by atoms with Crippen molar-refractivity contribution in [3.05, 3.63) is 0 Å². The number of unbranched alkanes of at least 4 members (excludes halogenated alkanes) is 31. The zero-order valence-corrected chi connectivity index (χ0v) is 35.5. The lowest BCUT2D eigenvalue weighted by atomic mass is 9.95. The zero-order chi connectivity index (χ0) is 38.9. The summed E-state index contributed by atoms with van der Waals surface area (Å²) in [6.07, 6.45) is 40.6. The molecule has 314 valence electrons. The molecule has 0 aliphatic heterocycles. The van der Waals surface area contributed by atoms with Gasteiger partial charge in [0, 0.05) is 0 Å². The summed E-state index contributed by atoms with van der Waals surface area (Å²) in [4.78, 5) is 38.1. The van der Waals surface area contributed by atoms with Crippen molar-refractivity contribution in [1.82, 2.24) is 0 Å². The number of carbonyl (C=O) groups is 3. The van der Waals surface area contributed by atoms with E-state index in [0.29, 0.717) is 12.8 Å². The molecule has 1 unspecified atom stereocenters. The van der Waals surface area contributed by atoms with Crippen LogP contribution in [0.4, 0.5) is 0 Å². The van der Waals surface area contributed by atoms with Crippen molar-refractivity contribution in [2.24, 2.45) is 0 Å². The molecule has 0 aromatic rings. The minimum absolute atomic E-state index is 0.151. The van der Waals surface area contributed by atoms with Crippen molar-refractivity contribution >= 4 is 17.9 Å². The van der Waals surface area contributed by atoms with Gasteiger partial charge < -0.3 is 19.3 Å². The number of rotatable bonds is 42. The molecule has 0 radical (unpaired) electrons. The van der Waals surface area contributed by atoms with Crippen LogP contribution in [0.5, 0.6) is 0 Å². The lowest BCUT2D eigenvalue weighted by Gasteiger charge is -2.24. The summed E-state index contributed by atoms with van der Waals surface area (Å²) >= 11 is 0. The first-order valence-corrected chi connectivity index (χ1v) is 23.1.